The Morgan fingerprint density at radius 3 is 2.79 bits per heavy atom. The smallest absolute Gasteiger partial charge is 0.188 e. The van der Waals surface area contributed by atoms with Crippen LogP contribution in [0, 0.1) is 0 Å². The Labute approximate surface area is 122 Å². The van der Waals surface area contributed by atoms with Crippen LogP contribution in [0.2, 0.25) is 0 Å². The summed E-state index contributed by atoms with van der Waals surface area (Å²) in [5.74, 6) is 0.970. The third-order valence-electron chi connectivity index (χ3n) is 2.82. The third kappa shape index (κ3) is 4.69. The van der Waals surface area contributed by atoms with E-state index in [1.807, 2.05) is 0 Å². The average Bonchev–Trinajstić information content (AvgIpc) is 3.08. The highest BCUT2D eigenvalue weighted by Gasteiger charge is 2.05. The van der Waals surface area contributed by atoms with Gasteiger partial charge >= 0.3 is 0 Å². The van der Waals surface area contributed by atoms with Crippen LogP contribution in [0.4, 0.5) is 0 Å². The van der Waals surface area contributed by atoms with Crippen LogP contribution in [0.5, 0.6) is 0 Å². The molecule has 3 N–H and O–H groups in total. The number of hydrogen-bond donors (Lipinski definition) is 2. The largest absolute Gasteiger partial charge is 0.370 e. The van der Waals surface area contributed by atoms with Crippen LogP contribution in [0.1, 0.15) is 22.6 Å². The average molecular weight is 293 g/mol. The Balaban J connectivity index is 1.70. The molecule has 2 rings (SSSR count). The number of guanidine groups is 1. The SMILES string of the molecule is CC(CN=C(N)NCCc1cccs1)c1cccs1. The van der Waals surface area contributed by atoms with Crippen molar-refractivity contribution in [3.8, 4) is 0 Å². The third-order valence-corrected chi connectivity index (χ3v) is 4.86. The van der Waals surface area contributed by atoms with Crippen LogP contribution in [-0.4, -0.2) is 19.0 Å². The maximum Gasteiger partial charge on any atom is 0.188 e. The Morgan fingerprint density at radius 2 is 2.11 bits per heavy atom. The zero-order valence-corrected chi connectivity index (χ0v) is 12.6. The predicted molar refractivity (Wildman–Crippen MR) is 85.2 cm³/mol. The van der Waals surface area contributed by atoms with Gasteiger partial charge in [0.15, 0.2) is 5.96 Å². The molecule has 0 saturated heterocycles. The first-order valence-corrected chi connectivity index (χ1v) is 8.11. The minimum atomic E-state index is 0.428. The van der Waals surface area contributed by atoms with E-state index in [-0.39, 0.29) is 0 Å². The van der Waals surface area contributed by atoms with Crippen LogP contribution in [0.25, 0.3) is 0 Å². The Hall–Kier alpha value is -1.33. The lowest BCUT2D eigenvalue weighted by molar-refractivity contribution is 0.776. The van der Waals surface area contributed by atoms with Gasteiger partial charge < -0.3 is 11.1 Å². The normalized spacial score (nSPS) is 13.4. The first-order chi connectivity index (χ1) is 9.25. The zero-order chi connectivity index (χ0) is 13.5. The summed E-state index contributed by atoms with van der Waals surface area (Å²) in [6.07, 6.45) is 0.994. The van der Waals surface area contributed by atoms with Crippen molar-refractivity contribution < 1.29 is 0 Å². The molecule has 2 heterocycles. The number of hydrogen-bond acceptors (Lipinski definition) is 3. The van der Waals surface area contributed by atoms with Crippen molar-refractivity contribution in [2.75, 3.05) is 13.1 Å². The van der Waals surface area contributed by atoms with Crippen molar-refractivity contribution in [3.05, 3.63) is 44.8 Å². The Kier molecular flexibility index (Phi) is 5.42. The van der Waals surface area contributed by atoms with Gasteiger partial charge in [-0.2, -0.15) is 0 Å². The van der Waals surface area contributed by atoms with Gasteiger partial charge in [0.2, 0.25) is 0 Å². The summed E-state index contributed by atoms with van der Waals surface area (Å²) in [5.41, 5.74) is 5.86. The van der Waals surface area contributed by atoms with E-state index in [0.717, 1.165) is 19.5 Å². The van der Waals surface area contributed by atoms with E-state index in [2.05, 4.69) is 52.3 Å². The van der Waals surface area contributed by atoms with E-state index in [1.54, 1.807) is 22.7 Å². The second-order valence-electron chi connectivity index (χ2n) is 4.40. The Morgan fingerprint density at radius 1 is 1.32 bits per heavy atom. The fourth-order valence-corrected chi connectivity index (χ4v) is 3.21. The molecule has 2 aromatic rings. The highest BCUT2D eigenvalue weighted by molar-refractivity contribution is 7.10. The number of nitrogens with one attached hydrogen (secondary N) is 1. The summed E-state index contributed by atoms with van der Waals surface area (Å²) >= 11 is 3.54. The molecule has 1 unspecified atom stereocenters. The van der Waals surface area contributed by atoms with E-state index >= 15 is 0 Å². The molecular weight excluding hydrogens is 274 g/mol. The summed E-state index contributed by atoms with van der Waals surface area (Å²) in [5, 5.41) is 7.35. The molecule has 0 aliphatic heterocycles. The van der Waals surface area contributed by atoms with Gasteiger partial charge in [-0.1, -0.05) is 19.1 Å². The van der Waals surface area contributed by atoms with Gasteiger partial charge in [0, 0.05) is 22.2 Å². The minimum Gasteiger partial charge on any atom is -0.370 e. The molecule has 3 nitrogen and oxygen atoms in total. The van der Waals surface area contributed by atoms with Gasteiger partial charge in [0.25, 0.3) is 0 Å². The van der Waals surface area contributed by atoms with E-state index in [1.165, 1.54) is 9.75 Å². The molecule has 1 atom stereocenters. The highest BCUT2D eigenvalue weighted by Crippen LogP contribution is 2.20. The van der Waals surface area contributed by atoms with Gasteiger partial charge in [0.05, 0.1) is 6.54 Å². The highest BCUT2D eigenvalue weighted by atomic mass is 32.1. The molecular formula is C14H19N3S2. The molecule has 0 aliphatic rings. The summed E-state index contributed by atoms with van der Waals surface area (Å²) < 4.78 is 0. The molecule has 2 aromatic heterocycles. The zero-order valence-electron chi connectivity index (χ0n) is 11.0. The quantitative estimate of drug-likeness (QED) is 0.635. The first-order valence-electron chi connectivity index (χ1n) is 6.35. The van der Waals surface area contributed by atoms with E-state index in [0.29, 0.717) is 11.9 Å². The van der Waals surface area contributed by atoms with Crippen molar-refractivity contribution in [2.24, 2.45) is 10.7 Å². The molecule has 0 saturated carbocycles. The summed E-state index contributed by atoms with van der Waals surface area (Å²) in [7, 11) is 0. The monoisotopic (exact) mass is 293 g/mol. The van der Waals surface area contributed by atoms with Crippen molar-refractivity contribution in [3.63, 3.8) is 0 Å². The van der Waals surface area contributed by atoms with Crippen molar-refractivity contribution >= 4 is 28.6 Å². The van der Waals surface area contributed by atoms with Gasteiger partial charge in [-0.3, -0.25) is 4.99 Å². The number of aliphatic imine (C=N–C) groups is 1. The predicted octanol–water partition coefficient (Wildman–Crippen LogP) is 3.06. The van der Waals surface area contributed by atoms with Crippen LogP contribution in [0.3, 0.4) is 0 Å². The van der Waals surface area contributed by atoms with Gasteiger partial charge in [0.1, 0.15) is 0 Å². The van der Waals surface area contributed by atoms with Crippen LogP contribution < -0.4 is 11.1 Å². The molecule has 0 bridgehead atoms. The molecule has 0 radical (unpaired) electrons. The number of nitrogens with zero attached hydrogens (tertiary/aromatic N) is 1. The maximum absolute atomic E-state index is 5.86. The molecule has 0 aromatic carbocycles. The number of rotatable bonds is 6. The second-order valence-corrected chi connectivity index (χ2v) is 6.41. The molecule has 0 amide bonds. The van der Waals surface area contributed by atoms with E-state index in [9.17, 15) is 0 Å². The topological polar surface area (TPSA) is 50.4 Å². The molecule has 102 valence electrons. The van der Waals surface area contributed by atoms with E-state index < -0.39 is 0 Å². The van der Waals surface area contributed by atoms with Crippen LogP contribution in [0.15, 0.2) is 40.0 Å². The summed E-state index contributed by atoms with van der Waals surface area (Å²) in [6.45, 7) is 3.75. The fraction of sp³-hybridized carbons (Fsp3) is 0.357. The standard InChI is InChI=1S/C14H19N3S2/c1-11(13-5-3-9-19-13)10-17-14(15)16-7-6-12-4-2-8-18-12/h2-5,8-9,11H,6-7,10H2,1H3,(H3,15,16,17). The minimum absolute atomic E-state index is 0.428. The van der Waals surface area contributed by atoms with Gasteiger partial charge in [-0.25, -0.2) is 0 Å². The number of nitrogens with two attached hydrogens (primary N) is 1. The van der Waals surface area contributed by atoms with Crippen molar-refractivity contribution in [2.45, 2.75) is 19.3 Å². The first kappa shape index (κ1) is 14.1. The van der Waals surface area contributed by atoms with Crippen LogP contribution >= 0.6 is 22.7 Å². The maximum atomic E-state index is 5.86. The van der Waals surface area contributed by atoms with Crippen molar-refractivity contribution in [1.82, 2.24) is 5.32 Å². The molecule has 0 aliphatic carbocycles. The number of thiophene rings is 2. The second kappa shape index (κ2) is 7.31. The lowest BCUT2D eigenvalue weighted by Gasteiger charge is -2.08. The lowest BCUT2D eigenvalue weighted by Crippen LogP contribution is -2.33. The fourth-order valence-electron chi connectivity index (χ4n) is 1.72. The summed E-state index contributed by atoms with van der Waals surface area (Å²) in [4.78, 5) is 7.12. The van der Waals surface area contributed by atoms with Crippen LogP contribution in [-0.2, 0) is 6.42 Å². The summed E-state index contributed by atoms with van der Waals surface area (Å²) in [6, 6.07) is 8.42. The Bertz CT molecular complexity index is 489. The molecule has 5 heteroatoms. The molecule has 0 fully saturated rings. The van der Waals surface area contributed by atoms with Gasteiger partial charge in [-0.05, 0) is 29.3 Å². The molecule has 0 spiro atoms. The van der Waals surface area contributed by atoms with Gasteiger partial charge in [-0.15, -0.1) is 22.7 Å². The van der Waals surface area contributed by atoms with Crippen molar-refractivity contribution in [1.29, 1.82) is 0 Å². The van der Waals surface area contributed by atoms with E-state index in [4.69, 9.17) is 5.73 Å². The lowest BCUT2D eigenvalue weighted by atomic mass is 10.1. The molecule has 19 heavy (non-hydrogen) atoms.